The van der Waals surface area contributed by atoms with Gasteiger partial charge in [-0.1, -0.05) is 13.8 Å². The number of carbonyl (C=O) groups excluding carboxylic acids is 3. The summed E-state index contributed by atoms with van der Waals surface area (Å²) in [4.78, 5) is 39.7. The Morgan fingerprint density at radius 1 is 1.28 bits per heavy atom. The lowest BCUT2D eigenvalue weighted by molar-refractivity contribution is -0.129. The molecule has 2 heterocycles. The van der Waals surface area contributed by atoms with Crippen LogP contribution in [0.2, 0.25) is 0 Å². The molecule has 1 unspecified atom stereocenters. The zero-order valence-corrected chi connectivity index (χ0v) is 15.6. The number of likely N-dealkylation sites (tertiary alicyclic amines) is 2. The van der Waals surface area contributed by atoms with Crippen LogP contribution in [0.15, 0.2) is 0 Å². The van der Waals surface area contributed by atoms with Gasteiger partial charge in [0.15, 0.2) is 0 Å². The molecule has 0 bridgehead atoms. The Morgan fingerprint density at radius 2 is 1.96 bits per heavy atom. The van der Waals surface area contributed by atoms with Crippen LogP contribution in [0.1, 0.15) is 46.5 Å². The van der Waals surface area contributed by atoms with Crippen molar-refractivity contribution in [1.82, 2.24) is 15.1 Å². The minimum Gasteiger partial charge on any atom is -0.450 e. The second-order valence-electron chi connectivity index (χ2n) is 7.39. The third-order valence-corrected chi connectivity index (χ3v) is 4.93. The minimum atomic E-state index is -0.283. The minimum absolute atomic E-state index is 0.0324. The van der Waals surface area contributed by atoms with Crippen molar-refractivity contribution in [2.24, 2.45) is 11.8 Å². The van der Waals surface area contributed by atoms with Gasteiger partial charge in [0, 0.05) is 38.6 Å². The number of rotatable bonds is 6. The first-order valence-corrected chi connectivity index (χ1v) is 9.40. The van der Waals surface area contributed by atoms with Crippen LogP contribution < -0.4 is 5.32 Å². The van der Waals surface area contributed by atoms with Gasteiger partial charge in [0.2, 0.25) is 11.8 Å². The molecule has 7 nitrogen and oxygen atoms in total. The van der Waals surface area contributed by atoms with E-state index in [0.717, 1.165) is 25.8 Å². The molecule has 25 heavy (non-hydrogen) atoms. The zero-order chi connectivity index (χ0) is 18.4. The molecular formula is C18H31N3O4. The second kappa shape index (κ2) is 9.06. The highest BCUT2D eigenvalue weighted by atomic mass is 16.6. The van der Waals surface area contributed by atoms with E-state index in [9.17, 15) is 14.4 Å². The Morgan fingerprint density at radius 3 is 2.56 bits per heavy atom. The molecule has 2 saturated heterocycles. The molecule has 0 spiro atoms. The SMILES string of the molecule is CCOC(=O)N1CCC(NC(=O)C2CC(=O)N(CCC(C)C)C2)CC1. The molecule has 1 N–H and O–H groups in total. The monoisotopic (exact) mass is 353 g/mol. The molecule has 3 amide bonds. The van der Waals surface area contributed by atoms with Gasteiger partial charge >= 0.3 is 6.09 Å². The number of piperidine rings is 1. The largest absolute Gasteiger partial charge is 0.450 e. The summed E-state index contributed by atoms with van der Waals surface area (Å²) in [5.41, 5.74) is 0. The highest BCUT2D eigenvalue weighted by molar-refractivity contribution is 5.89. The molecule has 1 atom stereocenters. The van der Waals surface area contributed by atoms with Gasteiger partial charge in [-0.15, -0.1) is 0 Å². The van der Waals surface area contributed by atoms with E-state index in [-0.39, 0.29) is 29.9 Å². The fourth-order valence-electron chi connectivity index (χ4n) is 3.32. The summed E-state index contributed by atoms with van der Waals surface area (Å²) in [5.74, 6) is 0.348. The number of hydrogen-bond acceptors (Lipinski definition) is 4. The van der Waals surface area contributed by atoms with Crippen LogP contribution in [-0.2, 0) is 14.3 Å². The molecule has 0 saturated carbocycles. The van der Waals surface area contributed by atoms with E-state index < -0.39 is 0 Å². The Hall–Kier alpha value is -1.79. The number of nitrogens with zero attached hydrogens (tertiary/aromatic N) is 2. The van der Waals surface area contributed by atoms with Crippen molar-refractivity contribution in [3.05, 3.63) is 0 Å². The van der Waals surface area contributed by atoms with Crippen LogP contribution in [0, 0.1) is 11.8 Å². The highest BCUT2D eigenvalue weighted by Crippen LogP contribution is 2.20. The average Bonchev–Trinajstić information content (AvgIpc) is 2.95. The summed E-state index contributed by atoms with van der Waals surface area (Å²) in [6, 6.07) is 0.0676. The Bertz CT molecular complexity index is 487. The maximum Gasteiger partial charge on any atom is 0.409 e. The molecule has 0 aromatic carbocycles. The number of ether oxygens (including phenoxy) is 1. The Kier molecular flexibility index (Phi) is 7.08. The smallest absolute Gasteiger partial charge is 0.409 e. The molecule has 2 fully saturated rings. The van der Waals surface area contributed by atoms with Crippen molar-refractivity contribution >= 4 is 17.9 Å². The molecule has 2 aliphatic rings. The topological polar surface area (TPSA) is 79.0 Å². The summed E-state index contributed by atoms with van der Waals surface area (Å²) < 4.78 is 5.00. The van der Waals surface area contributed by atoms with Gasteiger partial charge < -0.3 is 19.9 Å². The first-order valence-electron chi connectivity index (χ1n) is 9.40. The molecule has 0 aromatic heterocycles. The zero-order valence-electron chi connectivity index (χ0n) is 15.6. The standard InChI is InChI=1S/C18H31N3O4/c1-4-25-18(24)20-9-6-15(7-10-20)19-17(23)14-11-16(22)21(12-14)8-5-13(2)3/h13-15H,4-12H2,1-3H3,(H,19,23). The van der Waals surface area contributed by atoms with Gasteiger partial charge in [-0.25, -0.2) is 4.79 Å². The Labute approximate surface area is 150 Å². The van der Waals surface area contributed by atoms with Gasteiger partial charge in [-0.3, -0.25) is 9.59 Å². The Balaban J connectivity index is 1.74. The van der Waals surface area contributed by atoms with Crippen LogP contribution in [0.4, 0.5) is 4.79 Å². The summed E-state index contributed by atoms with van der Waals surface area (Å²) in [6.45, 7) is 8.87. The highest BCUT2D eigenvalue weighted by Gasteiger charge is 2.35. The molecule has 7 heteroatoms. The quantitative estimate of drug-likeness (QED) is 0.787. The van der Waals surface area contributed by atoms with Crippen molar-refractivity contribution in [3.63, 3.8) is 0 Å². The molecule has 0 aromatic rings. The van der Waals surface area contributed by atoms with E-state index in [0.29, 0.717) is 38.6 Å². The van der Waals surface area contributed by atoms with Crippen LogP contribution in [0.5, 0.6) is 0 Å². The molecular weight excluding hydrogens is 322 g/mol. The molecule has 0 radical (unpaired) electrons. The molecule has 0 aliphatic carbocycles. The van der Waals surface area contributed by atoms with E-state index in [1.54, 1.807) is 11.8 Å². The van der Waals surface area contributed by atoms with Crippen molar-refractivity contribution in [3.8, 4) is 0 Å². The number of amides is 3. The summed E-state index contributed by atoms with van der Waals surface area (Å²) in [5, 5.41) is 3.06. The van der Waals surface area contributed by atoms with Crippen LogP contribution in [0.3, 0.4) is 0 Å². The fraction of sp³-hybridized carbons (Fsp3) is 0.833. The van der Waals surface area contributed by atoms with Crippen molar-refractivity contribution in [1.29, 1.82) is 0 Å². The normalized spacial score (nSPS) is 21.8. The summed E-state index contributed by atoms with van der Waals surface area (Å²) in [7, 11) is 0. The first-order chi connectivity index (χ1) is 11.9. The average molecular weight is 353 g/mol. The maximum atomic E-state index is 12.5. The van der Waals surface area contributed by atoms with E-state index in [2.05, 4.69) is 19.2 Å². The van der Waals surface area contributed by atoms with E-state index >= 15 is 0 Å². The van der Waals surface area contributed by atoms with Gasteiger partial charge in [-0.2, -0.15) is 0 Å². The molecule has 2 rings (SSSR count). The van der Waals surface area contributed by atoms with Crippen LogP contribution in [0.25, 0.3) is 0 Å². The molecule has 142 valence electrons. The van der Waals surface area contributed by atoms with Crippen molar-refractivity contribution in [2.45, 2.75) is 52.5 Å². The summed E-state index contributed by atoms with van der Waals surface area (Å²) in [6.07, 6.45) is 2.44. The summed E-state index contributed by atoms with van der Waals surface area (Å²) >= 11 is 0. The third kappa shape index (κ3) is 5.61. The van der Waals surface area contributed by atoms with Gasteiger partial charge in [0.05, 0.1) is 12.5 Å². The third-order valence-electron chi connectivity index (χ3n) is 4.93. The van der Waals surface area contributed by atoms with Gasteiger partial charge in [0.25, 0.3) is 0 Å². The second-order valence-corrected chi connectivity index (χ2v) is 7.39. The predicted molar refractivity (Wildman–Crippen MR) is 93.9 cm³/mol. The lowest BCUT2D eigenvalue weighted by Gasteiger charge is -2.32. The maximum absolute atomic E-state index is 12.5. The number of hydrogen-bond donors (Lipinski definition) is 1. The van der Waals surface area contributed by atoms with E-state index in [1.807, 2.05) is 4.90 Å². The first kappa shape index (κ1) is 19.5. The number of carbonyl (C=O) groups is 3. The molecule has 2 aliphatic heterocycles. The lowest BCUT2D eigenvalue weighted by Crippen LogP contribution is -2.48. The van der Waals surface area contributed by atoms with Crippen LogP contribution >= 0.6 is 0 Å². The van der Waals surface area contributed by atoms with Gasteiger partial charge in [-0.05, 0) is 32.1 Å². The van der Waals surface area contributed by atoms with E-state index in [1.165, 1.54) is 0 Å². The van der Waals surface area contributed by atoms with E-state index in [4.69, 9.17) is 4.74 Å². The predicted octanol–water partition coefficient (Wildman–Crippen LogP) is 1.62. The van der Waals surface area contributed by atoms with Crippen molar-refractivity contribution < 1.29 is 19.1 Å². The fourth-order valence-corrected chi connectivity index (χ4v) is 3.32. The van der Waals surface area contributed by atoms with Crippen LogP contribution in [-0.4, -0.2) is 66.5 Å². The lowest BCUT2D eigenvalue weighted by atomic mass is 10.0. The van der Waals surface area contributed by atoms with Crippen molar-refractivity contribution in [2.75, 3.05) is 32.8 Å². The van der Waals surface area contributed by atoms with Gasteiger partial charge in [0.1, 0.15) is 0 Å². The number of nitrogens with one attached hydrogen (secondary N) is 1.